The Hall–Kier alpha value is -0.710. The van der Waals surface area contributed by atoms with Gasteiger partial charge in [-0.25, -0.2) is 0 Å². The third kappa shape index (κ3) is 3.68. The molecule has 3 nitrogen and oxygen atoms in total. The molecule has 2 unspecified atom stereocenters. The molecule has 2 atom stereocenters. The van der Waals surface area contributed by atoms with Crippen molar-refractivity contribution in [3.05, 3.63) is 34.9 Å². The van der Waals surface area contributed by atoms with E-state index in [1.807, 2.05) is 47.9 Å². The first-order valence-electron chi connectivity index (χ1n) is 6.94. The van der Waals surface area contributed by atoms with E-state index >= 15 is 0 Å². The third-order valence-corrected chi connectivity index (χ3v) is 4.47. The van der Waals surface area contributed by atoms with Crippen molar-refractivity contribution in [2.45, 2.75) is 32.0 Å². The number of rotatable bonds is 6. The van der Waals surface area contributed by atoms with Gasteiger partial charge in [0.1, 0.15) is 6.17 Å². The molecule has 110 valence electrons. The molecule has 1 aromatic carbocycles. The maximum atomic E-state index is 12.3. The molecule has 1 saturated heterocycles. The van der Waals surface area contributed by atoms with E-state index in [9.17, 15) is 4.79 Å². The minimum absolute atomic E-state index is 0.0505. The molecular formula is C15H21ClN2OS. The summed E-state index contributed by atoms with van der Waals surface area (Å²) in [6.07, 6.45) is 4.24. The number of hydrogen-bond donors (Lipinski definition) is 1. The maximum absolute atomic E-state index is 12.3. The molecule has 1 heterocycles. The van der Waals surface area contributed by atoms with E-state index in [-0.39, 0.29) is 18.1 Å². The molecule has 2 rings (SSSR count). The van der Waals surface area contributed by atoms with E-state index in [1.165, 1.54) is 0 Å². The van der Waals surface area contributed by atoms with Crippen molar-refractivity contribution in [3.8, 4) is 0 Å². The van der Waals surface area contributed by atoms with Gasteiger partial charge in [-0.3, -0.25) is 10.1 Å². The van der Waals surface area contributed by atoms with E-state index in [2.05, 4.69) is 11.6 Å². The number of nitrogens with one attached hydrogen (secondary N) is 1. The van der Waals surface area contributed by atoms with Crippen LogP contribution in [-0.2, 0) is 4.79 Å². The fourth-order valence-corrected chi connectivity index (χ4v) is 3.19. The van der Waals surface area contributed by atoms with Crippen molar-refractivity contribution in [3.63, 3.8) is 0 Å². The van der Waals surface area contributed by atoms with Gasteiger partial charge in [0.2, 0.25) is 5.91 Å². The second kappa shape index (κ2) is 7.34. The molecule has 0 radical (unpaired) electrons. The van der Waals surface area contributed by atoms with Crippen LogP contribution in [0.25, 0.3) is 0 Å². The van der Waals surface area contributed by atoms with Crippen LogP contribution in [0.15, 0.2) is 24.3 Å². The Bertz CT molecular complexity index is 469. The van der Waals surface area contributed by atoms with Gasteiger partial charge < -0.3 is 4.90 Å². The summed E-state index contributed by atoms with van der Waals surface area (Å²) in [5.41, 5.74) is 1.06. The number of benzene rings is 1. The summed E-state index contributed by atoms with van der Waals surface area (Å²) in [5.74, 6) is 1.33. The van der Waals surface area contributed by atoms with E-state index in [0.29, 0.717) is 5.02 Å². The Morgan fingerprint density at radius 1 is 1.40 bits per heavy atom. The van der Waals surface area contributed by atoms with Crippen LogP contribution in [0.5, 0.6) is 0 Å². The lowest BCUT2D eigenvalue weighted by molar-refractivity contribution is -0.129. The van der Waals surface area contributed by atoms with E-state index in [4.69, 9.17) is 11.6 Å². The third-order valence-electron chi connectivity index (χ3n) is 3.53. The van der Waals surface area contributed by atoms with Crippen molar-refractivity contribution < 1.29 is 4.79 Å². The Balaban J connectivity index is 2.07. The lowest BCUT2D eigenvalue weighted by atomic mass is 10.1. The van der Waals surface area contributed by atoms with Gasteiger partial charge in [-0.05, 0) is 49.5 Å². The van der Waals surface area contributed by atoms with Crippen LogP contribution in [0, 0.1) is 0 Å². The molecule has 0 spiro atoms. The van der Waals surface area contributed by atoms with Crippen molar-refractivity contribution in [2.24, 2.45) is 0 Å². The summed E-state index contributed by atoms with van der Waals surface area (Å²) in [6.45, 7) is 2.72. The first-order valence-corrected chi connectivity index (χ1v) is 8.71. The summed E-state index contributed by atoms with van der Waals surface area (Å²) < 4.78 is 0. The van der Waals surface area contributed by atoms with E-state index in [0.717, 1.165) is 30.7 Å². The predicted octanol–water partition coefficient (Wildman–Crippen LogP) is 3.30. The fourth-order valence-electron chi connectivity index (χ4n) is 2.49. The van der Waals surface area contributed by atoms with Crippen LogP contribution in [0.3, 0.4) is 0 Å². The van der Waals surface area contributed by atoms with Gasteiger partial charge in [-0.2, -0.15) is 11.8 Å². The normalized spacial score (nSPS) is 22.6. The Labute approximate surface area is 130 Å². The monoisotopic (exact) mass is 312 g/mol. The van der Waals surface area contributed by atoms with Crippen molar-refractivity contribution in [1.29, 1.82) is 0 Å². The summed E-state index contributed by atoms with van der Waals surface area (Å²) in [7, 11) is 0. The van der Waals surface area contributed by atoms with Crippen LogP contribution in [0.1, 0.15) is 31.5 Å². The molecule has 0 saturated carbocycles. The number of carbonyl (C=O) groups excluding carboxylic acids is 1. The van der Waals surface area contributed by atoms with Gasteiger partial charge in [0.25, 0.3) is 0 Å². The highest BCUT2D eigenvalue weighted by Crippen LogP contribution is 2.27. The average molecular weight is 313 g/mol. The lowest BCUT2D eigenvalue weighted by Gasteiger charge is -2.24. The van der Waals surface area contributed by atoms with E-state index in [1.54, 1.807) is 0 Å². The van der Waals surface area contributed by atoms with Crippen LogP contribution in [-0.4, -0.2) is 35.4 Å². The molecule has 1 aliphatic heterocycles. The topological polar surface area (TPSA) is 32.3 Å². The van der Waals surface area contributed by atoms with E-state index < -0.39 is 0 Å². The Morgan fingerprint density at radius 3 is 2.90 bits per heavy atom. The number of unbranched alkanes of at least 4 members (excludes halogenated alkanes) is 1. The number of halogens is 1. The first-order chi connectivity index (χ1) is 9.63. The van der Waals surface area contributed by atoms with Crippen LogP contribution < -0.4 is 5.32 Å². The Morgan fingerprint density at radius 2 is 2.20 bits per heavy atom. The van der Waals surface area contributed by atoms with Crippen molar-refractivity contribution in [2.75, 3.05) is 18.6 Å². The standard InChI is InChI=1S/C15H21ClN2OS/c1-11-15(19)18(8-3-4-9-20-2)14(17-11)12-6-5-7-13(16)10-12/h5-7,10-11,14,17H,3-4,8-9H2,1-2H3. The number of amides is 1. The molecule has 20 heavy (non-hydrogen) atoms. The summed E-state index contributed by atoms with van der Waals surface area (Å²) in [4.78, 5) is 14.2. The molecule has 1 aliphatic rings. The van der Waals surface area contributed by atoms with Gasteiger partial charge in [0, 0.05) is 11.6 Å². The lowest BCUT2D eigenvalue weighted by Crippen LogP contribution is -2.31. The van der Waals surface area contributed by atoms with Crippen LogP contribution in [0.4, 0.5) is 0 Å². The van der Waals surface area contributed by atoms with Gasteiger partial charge in [0.15, 0.2) is 0 Å². The van der Waals surface area contributed by atoms with Crippen LogP contribution >= 0.6 is 23.4 Å². The van der Waals surface area contributed by atoms with Gasteiger partial charge in [-0.15, -0.1) is 0 Å². The quantitative estimate of drug-likeness (QED) is 0.818. The van der Waals surface area contributed by atoms with Gasteiger partial charge >= 0.3 is 0 Å². The maximum Gasteiger partial charge on any atom is 0.241 e. The molecular weight excluding hydrogens is 292 g/mol. The zero-order valence-corrected chi connectivity index (χ0v) is 13.5. The zero-order valence-electron chi connectivity index (χ0n) is 11.9. The highest BCUT2D eigenvalue weighted by Gasteiger charge is 2.36. The summed E-state index contributed by atoms with van der Waals surface area (Å²) >= 11 is 7.90. The minimum atomic E-state index is -0.125. The van der Waals surface area contributed by atoms with Gasteiger partial charge in [-0.1, -0.05) is 23.7 Å². The average Bonchev–Trinajstić information content (AvgIpc) is 2.71. The zero-order chi connectivity index (χ0) is 14.5. The largest absolute Gasteiger partial charge is 0.322 e. The molecule has 1 aromatic rings. The van der Waals surface area contributed by atoms with Crippen molar-refractivity contribution >= 4 is 29.3 Å². The Kier molecular flexibility index (Phi) is 5.75. The highest BCUT2D eigenvalue weighted by molar-refractivity contribution is 7.98. The highest BCUT2D eigenvalue weighted by atomic mass is 35.5. The second-order valence-corrected chi connectivity index (χ2v) is 6.50. The number of hydrogen-bond acceptors (Lipinski definition) is 3. The summed E-state index contributed by atoms with van der Waals surface area (Å²) in [6, 6.07) is 7.61. The first kappa shape index (κ1) is 15.7. The molecule has 1 fully saturated rings. The van der Waals surface area contributed by atoms with Crippen LogP contribution in [0.2, 0.25) is 5.02 Å². The van der Waals surface area contributed by atoms with Gasteiger partial charge in [0.05, 0.1) is 6.04 Å². The molecule has 5 heteroatoms. The van der Waals surface area contributed by atoms with Crippen molar-refractivity contribution in [1.82, 2.24) is 10.2 Å². The minimum Gasteiger partial charge on any atom is -0.322 e. The number of nitrogens with zero attached hydrogens (tertiary/aromatic N) is 1. The summed E-state index contributed by atoms with van der Waals surface area (Å²) in [5, 5.41) is 4.06. The molecule has 1 N–H and O–H groups in total. The predicted molar refractivity (Wildman–Crippen MR) is 86.1 cm³/mol. The number of thioether (sulfide) groups is 1. The fraction of sp³-hybridized carbons (Fsp3) is 0.533. The smallest absolute Gasteiger partial charge is 0.241 e. The molecule has 1 amide bonds. The molecule has 0 aliphatic carbocycles. The SMILES string of the molecule is CSCCCCN1C(=O)C(C)NC1c1cccc(Cl)c1. The molecule has 0 aromatic heterocycles. The molecule has 0 bridgehead atoms. The second-order valence-electron chi connectivity index (χ2n) is 5.08. The number of carbonyl (C=O) groups is 1.